The van der Waals surface area contributed by atoms with Crippen LogP contribution in [0.25, 0.3) is 0 Å². The Kier molecular flexibility index (Phi) is 7.66. The highest BCUT2D eigenvalue weighted by Crippen LogP contribution is 2.19. The van der Waals surface area contributed by atoms with Gasteiger partial charge in [-0.3, -0.25) is 4.79 Å². The van der Waals surface area contributed by atoms with Crippen molar-refractivity contribution in [3.63, 3.8) is 0 Å². The number of hydrogen-bond acceptors (Lipinski definition) is 7. The number of carbonyl (C=O) groups excluding carboxylic acids is 1. The van der Waals surface area contributed by atoms with Crippen molar-refractivity contribution in [3.05, 3.63) is 47.8 Å². The van der Waals surface area contributed by atoms with E-state index in [1.54, 1.807) is 0 Å². The number of nitrogens with two attached hydrogens (primary N) is 1. The Morgan fingerprint density at radius 3 is 2.79 bits per heavy atom. The van der Waals surface area contributed by atoms with Gasteiger partial charge in [0, 0.05) is 12.2 Å². The summed E-state index contributed by atoms with van der Waals surface area (Å²) in [7, 11) is 0. The number of amides is 1. The minimum Gasteiger partial charge on any atom is -0.368 e. The molecule has 0 saturated carbocycles. The number of thioether (sulfide) groups is 1. The van der Waals surface area contributed by atoms with Crippen molar-refractivity contribution in [1.29, 1.82) is 0 Å². The van der Waals surface area contributed by atoms with Crippen LogP contribution in [0.2, 0.25) is 0 Å². The largest absolute Gasteiger partial charge is 0.368 e. The topological polar surface area (TPSA) is 106 Å². The molecule has 2 aromatic rings. The summed E-state index contributed by atoms with van der Waals surface area (Å²) in [6.07, 6.45) is 8.17. The van der Waals surface area contributed by atoms with Gasteiger partial charge in [-0.05, 0) is 44.2 Å². The van der Waals surface area contributed by atoms with Gasteiger partial charge in [0.2, 0.25) is 17.8 Å². The second-order valence-corrected chi connectivity index (χ2v) is 7.61. The number of hydrogen-bond donors (Lipinski definition) is 3. The molecule has 8 heteroatoms. The molecule has 148 valence electrons. The molecule has 1 aromatic carbocycles. The van der Waals surface area contributed by atoms with Crippen molar-refractivity contribution in [3.8, 4) is 0 Å². The molecule has 0 bridgehead atoms. The molecule has 0 unspecified atom stereocenters. The van der Waals surface area contributed by atoms with Crippen molar-refractivity contribution in [1.82, 2.24) is 20.3 Å². The van der Waals surface area contributed by atoms with E-state index in [1.807, 2.05) is 30.3 Å². The Balaban J connectivity index is 1.41. The van der Waals surface area contributed by atoms with Crippen molar-refractivity contribution < 1.29 is 4.79 Å². The summed E-state index contributed by atoms with van der Waals surface area (Å²) in [5.74, 6) is 2.01. The molecule has 1 heterocycles. The van der Waals surface area contributed by atoms with E-state index in [4.69, 9.17) is 5.73 Å². The highest BCUT2D eigenvalue weighted by Gasteiger charge is 2.08. The van der Waals surface area contributed by atoms with E-state index >= 15 is 0 Å². The Bertz CT molecular complexity index is 812. The number of aromatic nitrogens is 3. The average Bonchev–Trinajstić information content (AvgIpc) is 2.69. The molecule has 0 aliphatic heterocycles. The second kappa shape index (κ2) is 10.7. The lowest BCUT2D eigenvalue weighted by Crippen LogP contribution is -2.26. The van der Waals surface area contributed by atoms with Crippen LogP contribution in [0.3, 0.4) is 0 Å². The van der Waals surface area contributed by atoms with Crippen molar-refractivity contribution in [2.45, 2.75) is 37.9 Å². The summed E-state index contributed by atoms with van der Waals surface area (Å²) in [6.45, 7) is 0.703. The molecule has 1 amide bonds. The van der Waals surface area contributed by atoms with Gasteiger partial charge in [0.25, 0.3) is 0 Å². The SMILES string of the molecule is Nc1nc(CSCC(=O)NCCC2=CCCCC2)nc(Nc2ccccc2)n1. The Morgan fingerprint density at radius 2 is 2.00 bits per heavy atom. The first-order chi connectivity index (χ1) is 13.7. The van der Waals surface area contributed by atoms with Crippen LogP contribution in [0.5, 0.6) is 0 Å². The molecule has 0 atom stereocenters. The van der Waals surface area contributed by atoms with E-state index in [2.05, 4.69) is 31.7 Å². The van der Waals surface area contributed by atoms with Gasteiger partial charge in [0.15, 0.2) is 0 Å². The predicted molar refractivity (Wildman–Crippen MR) is 114 cm³/mol. The highest BCUT2D eigenvalue weighted by molar-refractivity contribution is 7.99. The van der Waals surface area contributed by atoms with Gasteiger partial charge in [0.1, 0.15) is 5.82 Å². The molecule has 1 aromatic heterocycles. The molecule has 1 aliphatic carbocycles. The van der Waals surface area contributed by atoms with Gasteiger partial charge in [-0.25, -0.2) is 0 Å². The maximum atomic E-state index is 12.0. The quantitative estimate of drug-likeness (QED) is 0.556. The number of carbonyl (C=O) groups is 1. The van der Waals surface area contributed by atoms with Crippen molar-refractivity contribution in [2.24, 2.45) is 0 Å². The van der Waals surface area contributed by atoms with E-state index < -0.39 is 0 Å². The average molecular weight is 399 g/mol. The fourth-order valence-corrected chi connectivity index (χ4v) is 3.69. The summed E-state index contributed by atoms with van der Waals surface area (Å²) < 4.78 is 0. The first-order valence-electron chi connectivity index (χ1n) is 9.54. The summed E-state index contributed by atoms with van der Waals surface area (Å²) in [4.78, 5) is 24.6. The number of benzene rings is 1. The lowest BCUT2D eigenvalue weighted by molar-refractivity contribution is -0.118. The van der Waals surface area contributed by atoms with Gasteiger partial charge in [-0.15, -0.1) is 11.8 Å². The van der Waals surface area contributed by atoms with Crippen LogP contribution in [0.1, 0.15) is 37.9 Å². The fourth-order valence-electron chi connectivity index (χ4n) is 2.99. The lowest BCUT2D eigenvalue weighted by atomic mass is 9.97. The van der Waals surface area contributed by atoms with Crippen LogP contribution in [0.4, 0.5) is 17.6 Å². The normalized spacial score (nSPS) is 13.6. The summed E-state index contributed by atoms with van der Waals surface area (Å²) >= 11 is 1.46. The van der Waals surface area contributed by atoms with Crippen LogP contribution >= 0.6 is 11.8 Å². The third-order valence-corrected chi connectivity index (χ3v) is 5.28. The van der Waals surface area contributed by atoms with Crippen LogP contribution in [0, 0.1) is 0 Å². The number of rotatable bonds is 9. The van der Waals surface area contributed by atoms with Crippen molar-refractivity contribution >= 4 is 35.3 Å². The number of para-hydroxylation sites is 1. The molecule has 0 fully saturated rings. The van der Waals surface area contributed by atoms with E-state index in [9.17, 15) is 4.79 Å². The molecular formula is C20H26N6OS. The molecule has 0 saturated heterocycles. The molecule has 28 heavy (non-hydrogen) atoms. The monoisotopic (exact) mass is 398 g/mol. The van der Waals surface area contributed by atoms with Gasteiger partial charge < -0.3 is 16.4 Å². The highest BCUT2D eigenvalue weighted by atomic mass is 32.2. The number of anilines is 3. The maximum absolute atomic E-state index is 12.0. The van der Waals surface area contributed by atoms with Crippen LogP contribution in [-0.4, -0.2) is 33.2 Å². The third kappa shape index (κ3) is 6.84. The zero-order chi connectivity index (χ0) is 19.6. The third-order valence-electron chi connectivity index (χ3n) is 4.35. The molecule has 3 rings (SSSR count). The molecule has 4 N–H and O–H groups in total. The Morgan fingerprint density at radius 1 is 1.14 bits per heavy atom. The first kappa shape index (κ1) is 20.1. The zero-order valence-corrected chi connectivity index (χ0v) is 16.7. The maximum Gasteiger partial charge on any atom is 0.232 e. The summed E-state index contributed by atoms with van der Waals surface area (Å²) in [6, 6.07) is 9.62. The number of nitrogens with one attached hydrogen (secondary N) is 2. The van der Waals surface area contributed by atoms with Crippen LogP contribution in [0.15, 0.2) is 42.0 Å². The van der Waals surface area contributed by atoms with Crippen LogP contribution in [-0.2, 0) is 10.5 Å². The summed E-state index contributed by atoms with van der Waals surface area (Å²) in [5, 5.41) is 6.09. The molecule has 0 spiro atoms. The van der Waals surface area contributed by atoms with Gasteiger partial charge in [-0.1, -0.05) is 29.8 Å². The van der Waals surface area contributed by atoms with Gasteiger partial charge in [0.05, 0.1) is 11.5 Å². The predicted octanol–water partition coefficient (Wildman–Crippen LogP) is 3.44. The van der Waals surface area contributed by atoms with E-state index in [1.165, 1.54) is 43.0 Å². The minimum atomic E-state index is 0.0334. The number of nitrogens with zero attached hydrogens (tertiary/aromatic N) is 3. The van der Waals surface area contributed by atoms with Crippen molar-refractivity contribution in [2.75, 3.05) is 23.3 Å². The molecule has 0 radical (unpaired) electrons. The van der Waals surface area contributed by atoms with Gasteiger partial charge >= 0.3 is 0 Å². The van der Waals surface area contributed by atoms with Crippen LogP contribution < -0.4 is 16.4 Å². The standard InChI is InChI=1S/C20H26N6OS/c21-19-24-17(25-20(26-19)23-16-9-5-2-6-10-16)13-28-14-18(27)22-12-11-15-7-3-1-4-8-15/h2,5-7,9-10H,1,3-4,8,11-14H2,(H,22,27)(H3,21,23,24,25,26). The number of nitrogen functional groups attached to an aromatic ring is 1. The smallest absolute Gasteiger partial charge is 0.232 e. The Hall–Kier alpha value is -2.61. The Labute approximate surface area is 169 Å². The van der Waals surface area contributed by atoms with E-state index in [0.717, 1.165) is 12.1 Å². The van der Waals surface area contributed by atoms with Gasteiger partial charge in [-0.2, -0.15) is 15.0 Å². The second-order valence-electron chi connectivity index (χ2n) is 6.63. The molecular weight excluding hydrogens is 372 g/mol. The first-order valence-corrected chi connectivity index (χ1v) is 10.7. The summed E-state index contributed by atoms with van der Waals surface area (Å²) in [5.41, 5.74) is 8.13. The molecule has 1 aliphatic rings. The lowest BCUT2D eigenvalue weighted by Gasteiger charge is -2.12. The molecule has 7 nitrogen and oxygen atoms in total. The van der Waals surface area contributed by atoms with E-state index in [-0.39, 0.29) is 11.9 Å². The zero-order valence-electron chi connectivity index (χ0n) is 15.9. The van der Waals surface area contributed by atoms with E-state index in [0.29, 0.717) is 29.8 Å². The number of allylic oxidation sites excluding steroid dienone is 1. The minimum absolute atomic E-state index is 0.0334. The fraction of sp³-hybridized carbons (Fsp3) is 0.400.